The average Bonchev–Trinajstić information content (AvgIpc) is 2.34. The monoisotopic (exact) mass is 245 g/mol. The topological polar surface area (TPSA) is 73.6 Å². The van der Waals surface area contributed by atoms with Gasteiger partial charge in [0.1, 0.15) is 11.9 Å². The van der Waals surface area contributed by atoms with Gasteiger partial charge in [-0.15, -0.1) is 0 Å². The molecule has 0 atom stereocenters. The van der Waals surface area contributed by atoms with Crippen LogP contribution in [0.3, 0.4) is 0 Å². The van der Waals surface area contributed by atoms with Crippen LogP contribution in [0.25, 0.3) is 0 Å². The zero-order valence-corrected chi connectivity index (χ0v) is 11.2. The third-order valence-corrected chi connectivity index (χ3v) is 2.82. The molecule has 1 aromatic rings. The van der Waals surface area contributed by atoms with E-state index in [2.05, 4.69) is 41.4 Å². The molecule has 0 unspecified atom stereocenters. The fourth-order valence-electron chi connectivity index (χ4n) is 1.89. The Morgan fingerprint density at radius 2 is 2.17 bits per heavy atom. The first-order chi connectivity index (χ1) is 8.49. The van der Waals surface area contributed by atoms with Gasteiger partial charge in [0.2, 0.25) is 5.82 Å². The number of fused-ring (bicyclic) bond motifs is 1. The van der Waals surface area contributed by atoms with E-state index in [1.807, 2.05) is 6.07 Å². The second kappa shape index (κ2) is 4.91. The lowest BCUT2D eigenvalue weighted by atomic mass is 9.97. The lowest BCUT2D eigenvalue weighted by molar-refractivity contribution is 0.442. The predicted octanol–water partition coefficient (Wildman–Crippen LogP) is 1.45. The Bertz CT molecular complexity index is 481. The summed E-state index contributed by atoms with van der Waals surface area (Å²) in [6, 6.07) is 2.03. The third-order valence-electron chi connectivity index (χ3n) is 2.82. The van der Waals surface area contributed by atoms with Crippen LogP contribution >= 0.6 is 0 Å². The first kappa shape index (κ1) is 12.8. The Labute approximate surface area is 108 Å². The Balaban J connectivity index is 2.30. The van der Waals surface area contributed by atoms with Crippen LogP contribution in [0.1, 0.15) is 37.9 Å². The van der Waals surface area contributed by atoms with E-state index in [9.17, 15) is 0 Å². The molecule has 0 saturated carbocycles. The SMILES string of the molecule is CC(C)(C)CNc1nc(C#N)nc2c1CNCC2. The van der Waals surface area contributed by atoms with Gasteiger partial charge in [-0.2, -0.15) is 5.26 Å². The molecule has 0 saturated heterocycles. The Morgan fingerprint density at radius 1 is 1.39 bits per heavy atom. The van der Waals surface area contributed by atoms with Crippen molar-refractivity contribution in [2.75, 3.05) is 18.4 Å². The zero-order valence-electron chi connectivity index (χ0n) is 11.2. The highest BCUT2D eigenvalue weighted by Gasteiger charge is 2.19. The molecule has 2 heterocycles. The van der Waals surface area contributed by atoms with Crippen molar-refractivity contribution in [2.45, 2.75) is 33.7 Å². The van der Waals surface area contributed by atoms with Crippen LogP contribution in [-0.2, 0) is 13.0 Å². The molecule has 0 bridgehead atoms. The molecular formula is C13H19N5. The van der Waals surface area contributed by atoms with Gasteiger partial charge in [-0.1, -0.05) is 20.8 Å². The summed E-state index contributed by atoms with van der Waals surface area (Å²) in [5.41, 5.74) is 2.27. The van der Waals surface area contributed by atoms with E-state index in [0.29, 0.717) is 0 Å². The summed E-state index contributed by atoms with van der Waals surface area (Å²) in [5, 5.41) is 15.6. The van der Waals surface area contributed by atoms with Crippen LogP contribution in [0, 0.1) is 16.7 Å². The number of anilines is 1. The first-order valence-electron chi connectivity index (χ1n) is 6.24. The number of nitrogens with one attached hydrogen (secondary N) is 2. The molecule has 1 aliphatic heterocycles. The van der Waals surface area contributed by atoms with Gasteiger partial charge in [0, 0.05) is 31.6 Å². The van der Waals surface area contributed by atoms with Crippen molar-refractivity contribution in [2.24, 2.45) is 5.41 Å². The lowest BCUT2D eigenvalue weighted by Gasteiger charge is -2.23. The summed E-state index contributed by atoms with van der Waals surface area (Å²) in [4.78, 5) is 8.57. The molecule has 5 heteroatoms. The number of nitriles is 1. The highest BCUT2D eigenvalue weighted by atomic mass is 15.1. The molecule has 1 aliphatic rings. The van der Waals surface area contributed by atoms with Gasteiger partial charge in [0.15, 0.2) is 0 Å². The fraction of sp³-hybridized carbons (Fsp3) is 0.615. The lowest BCUT2D eigenvalue weighted by Crippen LogP contribution is -2.28. The molecule has 0 amide bonds. The van der Waals surface area contributed by atoms with Crippen LogP contribution in [0.15, 0.2) is 0 Å². The number of aromatic nitrogens is 2. The van der Waals surface area contributed by atoms with Gasteiger partial charge in [-0.25, -0.2) is 9.97 Å². The van der Waals surface area contributed by atoms with Crippen LogP contribution < -0.4 is 10.6 Å². The Morgan fingerprint density at radius 3 is 2.83 bits per heavy atom. The van der Waals surface area contributed by atoms with Gasteiger partial charge in [0.05, 0.1) is 5.69 Å². The molecule has 96 valence electrons. The second-order valence-electron chi connectivity index (χ2n) is 5.77. The summed E-state index contributed by atoms with van der Waals surface area (Å²) in [5.74, 6) is 1.06. The molecule has 0 fully saturated rings. The highest BCUT2D eigenvalue weighted by molar-refractivity contribution is 5.49. The van der Waals surface area contributed by atoms with E-state index in [1.165, 1.54) is 0 Å². The van der Waals surface area contributed by atoms with Crippen LogP contribution in [0.5, 0.6) is 0 Å². The van der Waals surface area contributed by atoms with Crippen molar-refractivity contribution < 1.29 is 0 Å². The normalized spacial score (nSPS) is 14.8. The molecular weight excluding hydrogens is 226 g/mol. The molecule has 0 spiro atoms. The highest BCUT2D eigenvalue weighted by Crippen LogP contribution is 2.22. The largest absolute Gasteiger partial charge is 0.369 e. The summed E-state index contributed by atoms with van der Waals surface area (Å²) < 4.78 is 0. The van der Waals surface area contributed by atoms with Gasteiger partial charge in [-0.05, 0) is 5.41 Å². The molecule has 18 heavy (non-hydrogen) atoms. The van der Waals surface area contributed by atoms with Gasteiger partial charge >= 0.3 is 0 Å². The standard InChI is InChI=1S/C13H19N5/c1-13(2,3)8-16-12-9-7-15-5-4-10(9)17-11(6-14)18-12/h15H,4-5,7-8H2,1-3H3,(H,16,17,18). The molecule has 0 aromatic carbocycles. The summed E-state index contributed by atoms with van der Waals surface area (Å²) in [6.45, 7) is 8.99. The zero-order chi connectivity index (χ0) is 13.2. The van der Waals surface area contributed by atoms with Gasteiger partial charge in [0.25, 0.3) is 0 Å². The Kier molecular flexibility index (Phi) is 3.48. The predicted molar refractivity (Wildman–Crippen MR) is 70.1 cm³/mol. The molecule has 1 aromatic heterocycles. The van der Waals surface area contributed by atoms with E-state index in [-0.39, 0.29) is 11.2 Å². The molecule has 2 rings (SSSR count). The quantitative estimate of drug-likeness (QED) is 0.825. The number of nitrogens with zero attached hydrogens (tertiary/aromatic N) is 3. The van der Waals surface area contributed by atoms with E-state index < -0.39 is 0 Å². The van der Waals surface area contributed by atoms with E-state index in [0.717, 1.165) is 43.1 Å². The first-order valence-corrected chi connectivity index (χ1v) is 6.24. The van der Waals surface area contributed by atoms with Gasteiger partial charge < -0.3 is 10.6 Å². The maximum Gasteiger partial charge on any atom is 0.234 e. The van der Waals surface area contributed by atoms with Crippen molar-refractivity contribution in [1.29, 1.82) is 5.26 Å². The van der Waals surface area contributed by atoms with Crippen LogP contribution in [0.2, 0.25) is 0 Å². The van der Waals surface area contributed by atoms with Crippen LogP contribution in [0.4, 0.5) is 5.82 Å². The van der Waals surface area contributed by atoms with Crippen molar-refractivity contribution in [3.63, 3.8) is 0 Å². The van der Waals surface area contributed by atoms with Crippen molar-refractivity contribution in [1.82, 2.24) is 15.3 Å². The summed E-state index contributed by atoms with van der Waals surface area (Å²) >= 11 is 0. The summed E-state index contributed by atoms with van der Waals surface area (Å²) in [7, 11) is 0. The van der Waals surface area contributed by atoms with E-state index in [4.69, 9.17) is 5.26 Å². The minimum Gasteiger partial charge on any atom is -0.369 e. The second-order valence-corrected chi connectivity index (χ2v) is 5.77. The van der Waals surface area contributed by atoms with E-state index in [1.54, 1.807) is 0 Å². The van der Waals surface area contributed by atoms with Crippen molar-refractivity contribution in [3.8, 4) is 6.07 Å². The number of rotatable bonds is 2. The van der Waals surface area contributed by atoms with E-state index >= 15 is 0 Å². The third kappa shape index (κ3) is 2.96. The number of hydrogen-bond acceptors (Lipinski definition) is 5. The molecule has 2 N–H and O–H groups in total. The van der Waals surface area contributed by atoms with Crippen LogP contribution in [-0.4, -0.2) is 23.1 Å². The minimum absolute atomic E-state index is 0.173. The Hall–Kier alpha value is -1.67. The average molecular weight is 245 g/mol. The molecule has 5 nitrogen and oxygen atoms in total. The maximum atomic E-state index is 8.97. The van der Waals surface area contributed by atoms with Crippen molar-refractivity contribution in [3.05, 3.63) is 17.1 Å². The van der Waals surface area contributed by atoms with Crippen molar-refractivity contribution >= 4 is 5.82 Å². The smallest absolute Gasteiger partial charge is 0.234 e. The fourth-order valence-corrected chi connectivity index (χ4v) is 1.89. The minimum atomic E-state index is 0.173. The molecule has 0 aliphatic carbocycles. The molecule has 0 radical (unpaired) electrons. The van der Waals surface area contributed by atoms with Gasteiger partial charge in [-0.3, -0.25) is 0 Å². The number of hydrogen-bond donors (Lipinski definition) is 2. The maximum absolute atomic E-state index is 8.97. The summed E-state index contributed by atoms with van der Waals surface area (Å²) in [6.07, 6.45) is 0.858.